The third-order valence-electron chi connectivity index (χ3n) is 6.54. The molecule has 3 rings (SSSR count). The molecule has 0 unspecified atom stereocenters. The molecule has 33 heavy (non-hydrogen) atoms. The number of methoxy groups -OCH3 is 1. The molecule has 2 N–H and O–H groups in total. The summed E-state index contributed by atoms with van der Waals surface area (Å²) in [6, 6.07) is 13.3. The number of carboxylic acid groups (broad SMARTS) is 1. The van der Waals surface area contributed by atoms with E-state index in [1.54, 1.807) is 18.2 Å². The second-order valence-corrected chi connectivity index (χ2v) is 9.93. The van der Waals surface area contributed by atoms with Crippen molar-refractivity contribution in [3.8, 4) is 11.5 Å². The van der Waals surface area contributed by atoms with Crippen LogP contribution >= 0.6 is 0 Å². The van der Waals surface area contributed by atoms with Gasteiger partial charge in [-0.1, -0.05) is 39.0 Å². The average Bonchev–Trinajstić information content (AvgIpc) is 2.77. The van der Waals surface area contributed by atoms with Gasteiger partial charge in [-0.2, -0.15) is 0 Å². The first-order valence-corrected chi connectivity index (χ1v) is 11.6. The molecule has 0 aromatic heterocycles. The van der Waals surface area contributed by atoms with E-state index in [9.17, 15) is 9.59 Å². The Labute approximate surface area is 196 Å². The molecule has 178 valence electrons. The molecule has 1 fully saturated rings. The molecule has 0 atom stereocenters. The second-order valence-electron chi connectivity index (χ2n) is 9.93. The molecule has 0 spiro atoms. The van der Waals surface area contributed by atoms with Crippen LogP contribution in [0.2, 0.25) is 0 Å². The van der Waals surface area contributed by atoms with Gasteiger partial charge >= 0.3 is 5.97 Å². The largest absolute Gasteiger partial charge is 0.493 e. The van der Waals surface area contributed by atoms with Crippen molar-refractivity contribution in [1.29, 1.82) is 0 Å². The SMILES string of the molecule is COc1cc(CC(=O)Nc2cccc(C3CCC(C(C)(C)C)CC3)c2)ccc1OCC(=O)O. The fraction of sp³-hybridized carbons (Fsp3) is 0.481. The number of anilines is 1. The van der Waals surface area contributed by atoms with E-state index in [4.69, 9.17) is 14.6 Å². The zero-order valence-corrected chi connectivity index (χ0v) is 20.0. The summed E-state index contributed by atoms with van der Waals surface area (Å²) in [6.07, 6.45) is 5.05. The molecule has 0 heterocycles. The third-order valence-corrected chi connectivity index (χ3v) is 6.54. The lowest BCUT2D eigenvalue weighted by molar-refractivity contribution is -0.139. The number of amides is 1. The molecular formula is C27H35NO5. The van der Waals surface area contributed by atoms with Gasteiger partial charge in [0.2, 0.25) is 5.91 Å². The molecule has 1 aliphatic rings. The molecule has 0 saturated heterocycles. The van der Waals surface area contributed by atoms with Crippen molar-refractivity contribution >= 4 is 17.6 Å². The van der Waals surface area contributed by atoms with Gasteiger partial charge in [0.05, 0.1) is 13.5 Å². The van der Waals surface area contributed by atoms with Gasteiger partial charge in [-0.05, 0) is 78.3 Å². The van der Waals surface area contributed by atoms with Crippen LogP contribution in [-0.4, -0.2) is 30.7 Å². The van der Waals surface area contributed by atoms with E-state index >= 15 is 0 Å². The highest BCUT2D eigenvalue weighted by molar-refractivity contribution is 5.92. The first kappa shape index (κ1) is 24.6. The summed E-state index contributed by atoms with van der Waals surface area (Å²) in [5.41, 5.74) is 3.22. The van der Waals surface area contributed by atoms with E-state index in [1.165, 1.54) is 38.4 Å². The van der Waals surface area contributed by atoms with Crippen molar-refractivity contribution in [3.63, 3.8) is 0 Å². The Morgan fingerprint density at radius 2 is 1.76 bits per heavy atom. The zero-order chi connectivity index (χ0) is 24.0. The van der Waals surface area contributed by atoms with Crippen molar-refractivity contribution in [2.45, 2.75) is 58.8 Å². The van der Waals surface area contributed by atoms with E-state index in [2.05, 4.69) is 38.2 Å². The monoisotopic (exact) mass is 453 g/mol. The zero-order valence-electron chi connectivity index (χ0n) is 20.0. The Morgan fingerprint density at radius 3 is 2.39 bits per heavy atom. The van der Waals surface area contributed by atoms with E-state index in [1.807, 2.05) is 12.1 Å². The van der Waals surface area contributed by atoms with E-state index in [0.717, 1.165) is 17.2 Å². The minimum absolute atomic E-state index is 0.121. The Morgan fingerprint density at radius 1 is 1.03 bits per heavy atom. The molecule has 2 aromatic rings. The van der Waals surface area contributed by atoms with E-state index in [-0.39, 0.29) is 12.3 Å². The molecule has 1 saturated carbocycles. The van der Waals surface area contributed by atoms with Gasteiger partial charge in [0.1, 0.15) is 0 Å². The van der Waals surface area contributed by atoms with Crippen LogP contribution in [0.1, 0.15) is 63.5 Å². The van der Waals surface area contributed by atoms with E-state index in [0.29, 0.717) is 22.8 Å². The summed E-state index contributed by atoms with van der Waals surface area (Å²) in [7, 11) is 1.48. The standard InChI is InChI=1S/C27H35NO5/c1-27(2,3)21-11-9-19(10-12-21)20-6-5-7-22(16-20)28-25(29)15-18-8-13-23(24(14-18)32-4)33-17-26(30)31/h5-8,13-14,16,19,21H,9-12,15,17H2,1-4H3,(H,28,29)(H,30,31). The van der Waals surface area contributed by atoms with Crippen LogP contribution in [0.4, 0.5) is 5.69 Å². The molecule has 0 radical (unpaired) electrons. The molecular weight excluding hydrogens is 418 g/mol. The summed E-state index contributed by atoms with van der Waals surface area (Å²) in [6.45, 7) is 6.55. The third kappa shape index (κ3) is 6.98. The van der Waals surface area contributed by atoms with Crippen molar-refractivity contribution in [2.75, 3.05) is 19.0 Å². The van der Waals surface area contributed by atoms with Gasteiger partial charge in [0.25, 0.3) is 0 Å². The predicted molar refractivity (Wildman–Crippen MR) is 129 cm³/mol. The van der Waals surface area contributed by atoms with Crippen molar-refractivity contribution in [2.24, 2.45) is 11.3 Å². The smallest absolute Gasteiger partial charge is 0.341 e. The number of hydrogen-bond donors (Lipinski definition) is 2. The average molecular weight is 454 g/mol. The molecule has 6 heteroatoms. The molecule has 1 aliphatic carbocycles. The number of nitrogens with one attached hydrogen (secondary N) is 1. The van der Waals surface area contributed by atoms with Crippen LogP contribution in [0, 0.1) is 11.3 Å². The summed E-state index contributed by atoms with van der Waals surface area (Å²) < 4.78 is 10.5. The lowest BCUT2D eigenvalue weighted by Crippen LogP contribution is -2.25. The van der Waals surface area contributed by atoms with Gasteiger partial charge in [0, 0.05) is 5.69 Å². The van der Waals surface area contributed by atoms with Crippen LogP contribution in [0.25, 0.3) is 0 Å². The molecule has 2 aromatic carbocycles. The Bertz CT molecular complexity index is 971. The first-order valence-electron chi connectivity index (χ1n) is 11.6. The van der Waals surface area contributed by atoms with Crippen LogP contribution in [0.15, 0.2) is 42.5 Å². The molecule has 0 bridgehead atoms. The van der Waals surface area contributed by atoms with Crippen LogP contribution in [0.3, 0.4) is 0 Å². The number of carbonyl (C=O) groups excluding carboxylic acids is 1. The summed E-state index contributed by atoms with van der Waals surface area (Å²) >= 11 is 0. The Balaban J connectivity index is 1.59. The Kier molecular flexibility index (Phi) is 8.01. The minimum Gasteiger partial charge on any atom is -0.493 e. The first-order chi connectivity index (χ1) is 15.7. The number of carbonyl (C=O) groups is 2. The fourth-order valence-corrected chi connectivity index (χ4v) is 4.63. The van der Waals surface area contributed by atoms with Gasteiger partial charge in [-0.15, -0.1) is 0 Å². The van der Waals surface area contributed by atoms with Crippen molar-refractivity contribution < 1.29 is 24.2 Å². The van der Waals surface area contributed by atoms with Gasteiger partial charge in [-0.25, -0.2) is 4.79 Å². The maximum absolute atomic E-state index is 12.7. The normalized spacial score (nSPS) is 18.4. The number of benzene rings is 2. The summed E-state index contributed by atoms with van der Waals surface area (Å²) in [5.74, 6) is 0.861. The predicted octanol–water partition coefficient (Wildman–Crippen LogP) is 5.66. The van der Waals surface area contributed by atoms with Crippen LogP contribution < -0.4 is 14.8 Å². The maximum atomic E-state index is 12.7. The molecule has 0 aliphatic heterocycles. The van der Waals surface area contributed by atoms with Crippen molar-refractivity contribution in [3.05, 3.63) is 53.6 Å². The minimum atomic E-state index is -1.06. The number of carboxylic acids is 1. The van der Waals surface area contributed by atoms with Crippen LogP contribution in [0.5, 0.6) is 11.5 Å². The summed E-state index contributed by atoms with van der Waals surface area (Å²) in [4.78, 5) is 23.4. The Hall–Kier alpha value is -3.02. The highest BCUT2D eigenvalue weighted by atomic mass is 16.5. The highest BCUT2D eigenvalue weighted by Gasteiger charge is 2.30. The fourth-order valence-electron chi connectivity index (χ4n) is 4.63. The molecule has 6 nitrogen and oxygen atoms in total. The number of hydrogen-bond acceptors (Lipinski definition) is 4. The summed E-state index contributed by atoms with van der Waals surface area (Å²) in [5, 5.41) is 11.8. The van der Waals surface area contributed by atoms with Gasteiger partial charge in [-0.3, -0.25) is 4.79 Å². The number of rotatable bonds is 8. The topological polar surface area (TPSA) is 84.9 Å². The van der Waals surface area contributed by atoms with Gasteiger partial charge in [0.15, 0.2) is 18.1 Å². The lowest BCUT2D eigenvalue weighted by Gasteiger charge is -2.37. The quantitative estimate of drug-likeness (QED) is 0.539. The lowest BCUT2D eigenvalue weighted by atomic mass is 9.68. The van der Waals surface area contributed by atoms with Gasteiger partial charge < -0.3 is 19.9 Å². The van der Waals surface area contributed by atoms with E-state index < -0.39 is 12.6 Å². The number of ether oxygens (including phenoxy) is 2. The van der Waals surface area contributed by atoms with Crippen LogP contribution in [-0.2, 0) is 16.0 Å². The van der Waals surface area contributed by atoms with Crippen molar-refractivity contribution in [1.82, 2.24) is 0 Å². The second kappa shape index (κ2) is 10.7. The maximum Gasteiger partial charge on any atom is 0.341 e. The molecule has 1 amide bonds. The highest BCUT2D eigenvalue weighted by Crippen LogP contribution is 2.43. The number of aliphatic carboxylic acids is 1.